The van der Waals surface area contributed by atoms with Gasteiger partial charge < -0.3 is 9.47 Å². The van der Waals surface area contributed by atoms with Crippen molar-refractivity contribution in [2.75, 3.05) is 13.2 Å². The minimum Gasteiger partial charge on any atom is -0.494 e. The minimum absolute atomic E-state index is 0.0352. The Bertz CT molecular complexity index is 852. The van der Waals surface area contributed by atoms with Gasteiger partial charge in [-0.15, -0.1) is 0 Å². The van der Waals surface area contributed by atoms with Gasteiger partial charge in [-0.2, -0.15) is 0 Å². The number of nitro groups is 1. The number of hydrogen-bond acceptors (Lipinski definition) is 6. The van der Waals surface area contributed by atoms with Crippen LogP contribution in [0.25, 0.3) is 0 Å². The van der Waals surface area contributed by atoms with Crippen molar-refractivity contribution in [3.05, 3.63) is 64.2 Å². The number of nitrogens with one attached hydrogen (secondary N) is 2. The average Bonchev–Trinajstić information content (AvgIpc) is 2.70. The first kappa shape index (κ1) is 21.7. The number of benzene rings is 2. The van der Waals surface area contributed by atoms with Crippen LogP contribution in [0, 0.1) is 16.0 Å². The lowest BCUT2D eigenvalue weighted by Crippen LogP contribution is -2.43. The molecule has 154 valence electrons. The van der Waals surface area contributed by atoms with Crippen LogP contribution in [0.1, 0.15) is 30.6 Å². The Hall–Kier alpha value is -3.62. The zero-order valence-corrected chi connectivity index (χ0v) is 16.2. The van der Waals surface area contributed by atoms with E-state index in [9.17, 15) is 19.7 Å². The lowest BCUT2D eigenvalue weighted by molar-refractivity contribution is -0.385. The van der Waals surface area contributed by atoms with Crippen LogP contribution in [0.3, 0.4) is 0 Å². The maximum atomic E-state index is 12.1. The normalized spacial score (nSPS) is 10.3. The number of carbonyl (C=O) groups excluding carboxylic acids is 2. The molecule has 0 aromatic heterocycles. The predicted molar refractivity (Wildman–Crippen MR) is 106 cm³/mol. The molecule has 2 amide bonds. The van der Waals surface area contributed by atoms with E-state index in [1.807, 2.05) is 0 Å². The number of hydrazine groups is 1. The molecule has 0 bridgehead atoms. The molecule has 0 heterocycles. The molecule has 0 spiro atoms. The van der Waals surface area contributed by atoms with Gasteiger partial charge in [0, 0.05) is 11.6 Å². The van der Waals surface area contributed by atoms with Gasteiger partial charge in [0.15, 0.2) is 12.4 Å². The van der Waals surface area contributed by atoms with Crippen LogP contribution in [0.15, 0.2) is 48.5 Å². The van der Waals surface area contributed by atoms with Gasteiger partial charge in [-0.05, 0) is 42.7 Å². The SMILES string of the molecule is CC(C)CCOc1ccc(C(=O)NNC(=O)COc2ccccc2[N+](=O)[O-])cc1. The number of hydrogen-bond donors (Lipinski definition) is 2. The highest BCUT2D eigenvalue weighted by Crippen LogP contribution is 2.25. The van der Waals surface area contributed by atoms with Gasteiger partial charge in [-0.1, -0.05) is 26.0 Å². The third-order valence-electron chi connectivity index (χ3n) is 3.82. The molecule has 2 aromatic carbocycles. The molecular weight excluding hydrogens is 378 g/mol. The highest BCUT2D eigenvalue weighted by molar-refractivity contribution is 5.95. The first-order valence-corrected chi connectivity index (χ1v) is 9.05. The van der Waals surface area contributed by atoms with Crippen molar-refractivity contribution in [2.24, 2.45) is 5.92 Å². The molecule has 0 saturated carbocycles. The van der Waals surface area contributed by atoms with Crippen molar-refractivity contribution in [1.82, 2.24) is 10.9 Å². The van der Waals surface area contributed by atoms with E-state index in [1.54, 1.807) is 30.3 Å². The summed E-state index contributed by atoms with van der Waals surface area (Å²) in [6.45, 7) is 4.32. The van der Waals surface area contributed by atoms with Crippen LogP contribution in [-0.4, -0.2) is 30.0 Å². The Morgan fingerprint density at radius 1 is 1.03 bits per heavy atom. The maximum absolute atomic E-state index is 12.1. The standard InChI is InChI=1S/C20H23N3O6/c1-14(2)11-12-28-16-9-7-15(8-10-16)20(25)22-21-19(24)13-29-18-6-4-3-5-17(18)23(26)27/h3-10,14H,11-13H2,1-2H3,(H,21,24)(H,22,25). The molecule has 2 aromatic rings. The summed E-state index contributed by atoms with van der Waals surface area (Å²) in [6, 6.07) is 12.2. The highest BCUT2D eigenvalue weighted by atomic mass is 16.6. The van der Waals surface area contributed by atoms with Crippen LogP contribution in [0.5, 0.6) is 11.5 Å². The molecule has 9 heteroatoms. The van der Waals surface area contributed by atoms with Crippen LogP contribution in [0.4, 0.5) is 5.69 Å². The Labute approximate surface area is 168 Å². The van der Waals surface area contributed by atoms with Crippen LogP contribution in [0.2, 0.25) is 0 Å². The summed E-state index contributed by atoms with van der Waals surface area (Å²) in [5.74, 6) is -0.0142. The van der Waals surface area contributed by atoms with Gasteiger partial charge in [0.25, 0.3) is 11.8 Å². The van der Waals surface area contributed by atoms with Crippen LogP contribution >= 0.6 is 0 Å². The number of para-hydroxylation sites is 2. The van der Waals surface area contributed by atoms with E-state index in [1.165, 1.54) is 18.2 Å². The molecule has 0 aliphatic heterocycles. The Morgan fingerprint density at radius 3 is 2.38 bits per heavy atom. The minimum atomic E-state index is -0.662. The molecule has 0 radical (unpaired) electrons. The second kappa shape index (κ2) is 10.6. The third kappa shape index (κ3) is 7.13. The fourth-order valence-electron chi connectivity index (χ4n) is 2.22. The fourth-order valence-corrected chi connectivity index (χ4v) is 2.22. The number of amides is 2. The molecular formula is C20H23N3O6. The summed E-state index contributed by atoms with van der Waals surface area (Å²) < 4.78 is 10.7. The number of nitro benzene ring substituents is 1. The smallest absolute Gasteiger partial charge is 0.310 e. The van der Waals surface area contributed by atoms with Crippen LogP contribution in [-0.2, 0) is 4.79 Å². The van der Waals surface area contributed by atoms with Gasteiger partial charge in [-0.3, -0.25) is 30.6 Å². The van der Waals surface area contributed by atoms with Crippen LogP contribution < -0.4 is 20.3 Å². The second-order valence-electron chi connectivity index (χ2n) is 6.57. The molecule has 0 aliphatic rings. The maximum Gasteiger partial charge on any atom is 0.310 e. The molecule has 0 fully saturated rings. The number of nitrogens with zero attached hydrogens (tertiary/aromatic N) is 1. The summed E-state index contributed by atoms with van der Waals surface area (Å²) >= 11 is 0. The van der Waals surface area contributed by atoms with E-state index in [2.05, 4.69) is 24.7 Å². The Morgan fingerprint density at radius 2 is 1.72 bits per heavy atom. The van der Waals surface area contributed by atoms with E-state index >= 15 is 0 Å². The number of ether oxygens (including phenoxy) is 2. The van der Waals surface area contributed by atoms with Gasteiger partial charge >= 0.3 is 5.69 Å². The lowest BCUT2D eigenvalue weighted by atomic mass is 10.1. The summed E-state index contributed by atoms with van der Waals surface area (Å²) in [5.41, 5.74) is 4.54. The molecule has 0 aliphatic carbocycles. The highest BCUT2D eigenvalue weighted by Gasteiger charge is 2.15. The van der Waals surface area contributed by atoms with E-state index in [0.717, 1.165) is 6.42 Å². The first-order valence-electron chi connectivity index (χ1n) is 9.05. The first-order chi connectivity index (χ1) is 13.9. The molecule has 29 heavy (non-hydrogen) atoms. The fraction of sp³-hybridized carbons (Fsp3) is 0.300. The van der Waals surface area contributed by atoms with E-state index < -0.39 is 23.3 Å². The number of carbonyl (C=O) groups is 2. The monoisotopic (exact) mass is 401 g/mol. The predicted octanol–water partition coefficient (Wildman–Crippen LogP) is 2.86. The van der Waals surface area contributed by atoms with Crippen molar-refractivity contribution in [2.45, 2.75) is 20.3 Å². The lowest BCUT2D eigenvalue weighted by Gasteiger charge is -2.10. The molecule has 0 saturated heterocycles. The van der Waals surface area contributed by atoms with Gasteiger partial charge in [0.05, 0.1) is 11.5 Å². The van der Waals surface area contributed by atoms with Gasteiger partial charge in [0.1, 0.15) is 5.75 Å². The molecule has 0 atom stereocenters. The van der Waals surface area contributed by atoms with Crippen molar-refractivity contribution in [3.63, 3.8) is 0 Å². The summed E-state index contributed by atoms with van der Waals surface area (Å²) in [6.07, 6.45) is 0.933. The Balaban J connectivity index is 1.78. The largest absolute Gasteiger partial charge is 0.494 e. The zero-order chi connectivity index (χ0) is 21.2. The molecule has 2 rings (SSSR count). The number of rotatable bonds is 9. The van der Waals surface area contributed by atoms with E-state index in [4.69, 9.17) is 9.47 Å². The third-order valence-corrected chi connectivity index (χ3v) is 3.82. The summed E-state index contributed by atoms with van der Waals surface area (Å²) in [5, 5.41) is 10.9. The van der Waals surface area contributed by atoms with Crippen molar-refractivity contribution in [3.8, 4) is 11.5 Å². The van der Waals surface area contributed by atoms with E-state index in [0.29, 0.717) is 23.8 Å². The van der Waals surface area contributed by atoms with Gasteiger partial charge in [0.2, 0.25) is 0 Å². The molecule has 9 nitrogen and oxygen atoms in total. The summed E-state index contributed by atoms with van der Waals surface area (Å²) in [7, 11) is 0. The second-order valence-corrected chi connectivity index (χ2v) is 6.57. The van der Waals surface area contributed by atoms with Crippen molar-refractivity contribution < 1.29 is 24.0 Å². The molecule has 0 unspecified atom stereocenters. The van der Waals surface area contributed by atoms with Gasteiger partial charge in [-0.25, -0.2) is 0 Å². The summed E-state index contributed by atoms with van der Waals surface area (Å²) in [4.78, 5) is 34.2. The topological polar surface area (TPSA) is 120 Å². The van der Waals surface area contributed by atoms with Crippen molar-refractivity contribution >= 4 is 17.5 Å². The van der Waals surface area contributed by atoms with Crippen molar-refractivity contribution in [1.29, 1.82) is 0 Å². The average molecular weight is 401 g/mol. The molecule has 2 N–H and O–H groups in total. The zero-order valence-electron chi connectivity index (χ0n) is 16.2. The quantitative estimate of drug-likeness (QED) is 0.492. The van der Waals surface area contributed by atoms with E-state index in [-0.39, 0.29) is 11.4 Å². The Kier molecular flexibility index (Phi) is 7.96.